The van der Waals surface area contributed by atoms with E-state index in [1.807, 2.05) is 30.3 Å². The van der Waals surface area contributed by atoms with Gasteiger partial charge in [-0.15, -0.1) is 0 Å². The topological polar surface area (TPSA) is 35.8 Å². The Morgan fingerprint density at radius 2 is 1.89 bits per heavy atom. The van der Waals surface area contributed by atoms with Gasteiger partial charge in [-0.2, -0.15) is 5.26 Å². The molecule has 0 heterocycles. The van der Waals surface area contributed by atoms with E-state index in [1.165, 1.54) is 5.56 Å². The quantitative estimate of drug-likeness (QED) is 0.876. The molecule has 0 radical (unpaired) electrons. The highest BCUT2D eigenvalue weighted by molar-refractivity contribution is 5.32. The molecule has 2 nitrogen and oxygen atoms in total. The highest BCUT2D eigenvalue weighted by Gasteiger charge is 2.07. The summed E-state index contributed by atoms with van der Waals surface area (Å²) in [6, 6.07) is 20.7. The minimum absolute atomic E-state index is 0.354. The van der Waals surface area contributed by atoms with Gasteiger partial charge >= 0.3 is 0 Å². The van der Waals surface area contributed by atoms with E-state index in [4.69, 9.17) is 5.26 Å². The Morgan fingerprint density at radius 3 is 2.58 bits per heavy atom. The summed E-state index contributed by atoms with van der Waals surface area (Å²) in [6.45, 7) is 2.96. The summed E-state index contributed by atoms with van der Waals surface area (Å²) in [6.07, 6.45) is 1.04. The predicted octanol–water partition coefficient (Wildman–Crippen LogP) is 3.80. The Labute approximate surface area is 114 Å². The van der Waals surface area contributed by atoms with Crippen LogP contribution in [-0.2, 0) is 6.54 Å². The predicted molar refractivity (Wildman–Crippen MR) is 77.5 cm³/mol. The van der Waals surface area contributed by atoms with Gasteiger partial charge in [0.25, 0.3) is 0 Å². The SMILES string of the molecule is CCC(NCc1cccc(C#N)c1)c1ccccc1. The highest BCUT2D eigenvalue weighted by atomic mass is 14.9. The van der Waals surface area contributed by atoms with Crippen molar-refractivity contribution in [3.8, 4) is 6.07 Å². The molecule has 2 rings (SSSR count). The third-order valence-corrected chi connectivity index (χ3v) is 3.22. The highest BCUT2D eigenvalue weighted by Crippen LogP contribution is 2.16. The second-order valence-electron chi connectivity index (χ2n) is 4.56. The molecular formula is C17H18N2. The van der Waals surface area contributed by atoms with Crippen LogP contribution in [0.3, 0.4) is 0 Å². The van der Waals surface area contributed by atoms with Crippen LogP contribution in [0.4, 0.5) is 0 Å². The fourth-order valence-corrected chi connectivity index (χ4v) is 2.18. The molecule has 0 saturated heterocycles. The molecule has 1 unspecified atom stereocenters. The molecule has 96 valence electrons. The molecule has 0 saturated carbocycles. The van der Waals surface area contributed by atoms with Gasteiger partial charge in [-0.1, -0.05) is 49.4 Å². The standard InChI is InChI=1S/C17H18N2/c1-2-17(16-9-4-3-5-10-16)19-13-15-8-6-7-14(11-15)12-18/h3-11,17,19H,2,13H2,1H3. The maximum Gasteiger partial charge on any atom is 0.0991 e. The molecule has 2 aromatic carbocycles. The van der Waals surface area contributed by atoms with Crippen LogP contribution in [0.5, 0.6) is 0 Å². The van der Waals surface area contributed by atoms with Crippen LogP contribution in [0.15, 0.2) is 54.6 Å². The first kappa shape index (κ1) is 13.3. The van der Waals surface area contributed by atoms with Crippen LogP contribution in [0.2, 0.25) is 0 Å². The zero-order valence-corrected chi connectivity index (χ0v) is 11.1. The minimum atomic E-state index is 0.354. The lowest BCUT2D eigenvalue weighted by atomic mass is 10.0. The Balaban J connectivity index is 2.02. The van der Waals surface area contributed by atoms with Gasteiger partial charge in [0, 0.05) is 12.6 Å². The van der Waals surface area contributed by atoms with Gasteiger partial charge in [-0.25, -0.2) is 0 Å². The smallest absolute Gasteiger partial charge is 0.0991 e. The number of nitriles is 1. The second-order valence-corrected chi connectivity index (χ2v) is 4.56. The van der Waals surface area contributed by atoms with E-state index in [0.29, 0.717) is 11.6 Å². The Bertz CT molecular complexity index is 555. The second kappa shape index (κ2) is 6.72. The van der Waals surface area contributed by atoms with Crippen LogP contribution >= 0.6 is 0 Å². The molecule has 0 aliphatic carbocycles. The Hall–Kier alpha value is -2.11. The molecule has 1 atom stereocenters. The molecule has 0 aliphatic rings. The van der Waals surface area contributed by atoms with Crippen molar-refractivity contribution in [3.05, 3.63) is 71.3 Å². The van der Waals surface area contributed by atoms with Crippen LogP contribution in [0, 0.1) is 11.3 Å². The summed E-state index contributed by atoms with van der Waals surface area (Å²) in [5.74, 6) is 0. The summed E-state index contributed by atoms with van der Waals surface area (Å²) < 4.78 is 0. The van der Waals surface area contributed by atoms with Gasteiger partial charge in [0.2, 0.25) is 0 Å². The van der Waals surface area contributed by atoms with Gasteiger partial charge < -0.3 is 5.32 Å². The number of nitrogens with zero attached hydrogens (tertiary/aromatic N) is 1. The van der Waals surface area contributed by atoms with Crippen molar-refractivity contribution in [1.82, 2.24) is 5.32 Å². The monoisotopic (exact) mass is 250 g/mol. The van der Waals surface area contributed by atoms with Crippen molar-refractivity contribution in [2.75, 3.05) is 0 Å². The largest absolute Gasteiger partial charge is 0.306 e. The maximum absolute atomic E-state index is 8.89. The van der Waals surface area contributed by atoms with Crippen molar-refractivity contribution in [3.63, 3.8) is 0 Å². The summed E-state index contributed by atoms with van der Waals surface area (Å²) in [4.78, 5) is 0. The molecule has 0 aliphatic heterocycles. The van der Waals surface area contributed by atoms with Gasteiger partial charge in [0.15, 0.2) is 0 Å². The summed E-state index contributed by atoms with van der Waals surface area (Å²) in [5.41, 5.74) is 3.17. The molecule has 1 N–H and O–H groups in total. The van der Waals surface area contributed by atoms with E-state index in [9.17, 15) is 0 Å². The van der Waals surface area contributed by atoms with E-state index in [1.54, 1.807) is 0 Å². The van der Waals surface area contributed by atoms with Crippen molar-refractivity contribution in [2.24, 2.45) is 0 Å². The average Bonchev–Trinajstić information content (AvgIpc) is 2.49. The molecule has 0 amide bonds. The third-order valence-electron chi connectivity index (χ3n) is 3.22. The lowest BCUT2D eigenvalue weighted by Gasteiger charge is -2.17. The van der Waals surface area contributed by atoms with E-state index >= 15 is 0 Å². The number of nitrogens with one attached hydrogen (secondary N) is 1. The Kier molecular flexibility index (Phi) is 4.72. The third kappa shape index (κ3) is 3.67. The molecular weight excluding hydrogens is 232 g/mol. The normalized spacial score (nSPS) is 11.8. The lowest BCUT2D eigenvalue weighted by molar-refractivity contribution is 0.519. The Morgan fingerprint density at radius 1 is 1.11 bits per heavy atom. The summed E-state index contributed by atoms with van der Waals surface area (Å²) in [7, 11) is 0. The fraction of sp³-hybridized carbons (Fsp3) is 0.235. The van der Waals surface area contributed by atoms with Gasteiger partial charge in [-0.3, -0.25) is 0 Å². The maximum atomic E-state index is 8.89. The van der Waals surface area contributed by atoms with Crippen LogP contribution in [0.1, 0.15) is 36.1 Å². The summed E-state index contributed by atoms with van der Waals surface area (Å²) >= 11 is 0. The van der Waals surface area contributed by atoms with Crippen LogP contribution < -0.4 is 5.32 Å². The van der Waals surface area contributed by atoms with Crippen molar-refractivity contribution in [2.45, 2.75) is 25.9 Å². The first-order valence-electron chi connectivity index (χ1n) is 6.61. The molecule has 0 spiro atoms. The average molecular weight is 250 g/mol. The van der Waals surface area contributed by atoms with E-state index < -0.39 is 0 Å². The molecule has 0 fully saturated rings. The lowest BCUT2D eigenvalue weighted by Crippen LogP contribution is -2.20. The molecule has 19 heavy (non-hydrogen) atoms. The van der Waals surface area contributed by atoms with Gasteiger partial charge in [0.1, 0.15) is 0 Å². The van der Waals surface area contributed by atoms with E-state index in [2.05, 4.69) is 42.6 Å². The van der Waals surface area contributed by atoms with Gasteiger partial charge in [0.05, 0.1) is 11.6 Å². The van der Waals surface area contributed by atoms with Gasteiger partial charge in [-0.05, 0) is 29.7 Å². The first-order chi connectivity index (χ1) is 9.33. The minimum Gasteiger partial charge on any atom is -0.306 e. The fourth-order valence-electron chi connectivity index (χ4n) is 2.18. The number of hydrogen-bond donors (Lipinski definition) is 1. The molecule has 0 aromatic heterocycles. The molecule has 2 aromatic rings. The van der Waals surface area contributed by atoms with Crippen LogP contribution in [-0.4, -0.2) is 0 Å². The first-order valence-corrected chi connectivity index (χ1v) is 6.61. The van der Waals surface area contributed by atoms with Crippen molar-refractivity contribution in [1.29, 1.82) is 5.26 Å². The summed E-state index contributed by atoms with van der Waals surface area (Å²) in [5, 5.41) is 12.4. The van der Waals surface area contributed by atoms with Crippen molar-refractivity contribution < 1.29 is 0 Å². The zero-order chi connectivity index (χ0) is 13.5. The molecule has 2 heteroatoms. The van der Waals surface area contributed by atoms with E-state index in [0.717, 1.165) is 18.5 Å². The van der Waals surface area contributed by atoms with Crippen LogP contribution in [0.25, 0.3) is 0 Å². The number of benzene rings is 2. The van der Waals surface area contributed by atoms with E-state index in [-0.39, 0.29) is 0 Å². The van der Waals surface area contributed by atoms with Crippen molar-refractivity contribution >= 4 is 0 Å². The zero-order valence-electron chi connectivity index (χ0n) is 11.1. The number of hydrogen-bond acceptors (Lipinski definition) is 2. The number of rotatable bonds is 5. The molecule has 0 bridgehead atoms.